The molecule has 2 amide bonds. The minimum absolute atomic E-state index is 0.121. The van der Waals surface area contributed by atoms with Crippen LogP contribution in [0.25, 0.3) is 0 Å². The maximum atomic E-state index is 12.5. The van der Waals surface area contributed by atoms with Crippen LogP contribution in [0, 0.1) is 13.8 Å². The molecule has 0 saturated carbocycles. The number of amides is 2. The van der Waals surface area contributed by atoms with Gasteiger partial charge in [0.05, 0.1) is 26.3 Å². The van der Waals surface area contributed by atoms with E-state index in [2.05, 4.69) is 15.6 Å². The van der Waals surface area contributed by atoms with E-state index in [0.717, 1.165) is 11.3 Å². The number of anilines is 2. The molecule has 3 aromatic rings. The van der Waals surface area contributed by atoms with Gasteiger partial charge in [-0.05, 0) is 55.3 Å². The Morgan fingerprint density at radius 3 is 2.43 bits per heavy atom. The number of hydrogen-bond donors (Lipinski definition) is 2. The van der Waals surface area contributed by atoms with E-state index < -0.39 is 0 Å². The first-order chi connectivity index (χ1) is 14.4. The summed E-state index contributed by atoms with van der Waals surface area (Å²) < 4.78 is 10.4. The Labute approximate surface area is 179 Å². The number of rotatable bonds is 7. The van der Waals surface area contributed by atoms with Crippen molar-refractivity contribution in [2.75, 3.05) is 24.9 Å². The number of nitrogens with zero attached hydrogens (tertiary/aromatic N) is 1. The summed E-state index contributed by atoms with van der Waals surface area (Å²) in [5.74, 6) is 0.520. The Hall–Kier alpha value is -3.39. The highest BCUT2D eigenvalue weighted by atomic mass is 32.1. The van der Waals surface area contributed by atoms with Crippen LogP contribution in [-0.4, -0.2) is 31.0 Å². The van der Waals surface area contributed by atoms with E-state index in [1.807, 2.05) is 32.0 Å². The van der Waals surface area contributed by atoms with E-state index in [-0.39, 0.29) is 18.2 Å². The molecule has 0 unspecified atom stereocenters. The molecule has 156 valence electrons. The zero-order valence-electron chi connectivity index (χ0n) is 17.2. The summed E-state index contributed by atoms with van der Waals surface area (Å²) >= 11 is 1.26. The minimum atomic E-state index is -0.323. The van der Waals surface area contributed by atoms with Gasteiger partial charge in [-0.1, -0.05) is 6.07 Å². The van der Waals surface area contributed by atoms with Gasteiger partial charge in [-0.25, -0.2) is 4.98 Å². The van der Waals surface area contributed by atoms with Crippen LogP contribution in [0.5, 0.6) is 11.5 Å². The largest absolute Gasteiger partial charge is 0.493 e. The second-order valence-electron chi connectivity index (χ2n) is 6.69. The van der Waals surface area contributed by atoms with Crippen molar-refractivity contribution in [1.29, 1.82) is 0 Å². The molecule has 0 saturated heterocycles. The lowest BCUT2D eigenvalue weighted by Crippen LogP contribution is -2.15. The third-order valence-corrected chi connectivity index (χ3v) is 5.36. The molecule has 2 aromatic carbocycles. The third-order valence-electron chi connectivity index (χ3n) is 4.55. The Bertz CT molecular complexity index is 1080. The van der Waals surface area contributed by atoms with Gasteiger partial charge in [0.15, 0.2) is 16.6 Å². The monoisotopic (exact) mass is 425 g/mol. The topological polar surface area (TPSA) is 89.5 Å². The maximum absolute atomic E-state index is 12.5. The number of carbonyl (C=O) groups excluding carboxylic acids is 2. The lowest BCUT2D eigenvalue weighted by molar-refractivity contribution is -0.115. The quantitative estimate of drug-likeness (QED) is 0.592. The van der Waals surface area contributed by atoms with Crippen molar-refractivity contribution in [3.8, 4) is 11.5 Å². The fraction of sp³-hybridized carbons (Fsp3) is 0.227. The number of carbonyl (C=O) groups is 2. The van der Waals surface area contributed by atoms with E-state index in [9.17, 15) is 9.59 Å². The minimum Gasteiger partial charge on any atom is -0.493 e. The molecule has 30 heavy (non-hydrogen) atoms. The number of aromatic nitrogens is 1. The van der Waals surface area contributed by atoms with Gasteiger partial charge < -0.3 is 14.8 Å². The van der Waals surface area contributed by atoms with Crippen LogP contribution in [0.2, 0.25) is 0 Å². The summed E-state index contributed by atoms with van der Waals surface area (Å²) in [5, 5.41) is 7.79. The first-order valence-corrected chi connectivity index (χ1v) is 10.1. The zero-order chi connectivity index (χ0) is 21.7. The highest BCUT2D eigenvalue weighted by Gasteiger charge is 2.14. The molecule has 0 aliphatic heterocycles. The number of aryl methyl sites for hydroxylation is 2. The molecule has 7 nitrogen and oxygen atoms in total. The molecule has 8 heteroatoms. The van der Waals surface area contributed by atoms with Crippen molar-refractivity contribution in [3.05, 3.63) is 64.2 Å². The smallest absolute Gasteiger partial charge is 0.257 e. The molecule has 0 fully saturated rings. The Morgan fingerprint density at radius 2 is 1.73 bits per heavy atom. The average Bonchev–Trinajstić information content (AvgIpc) is 3.16. The summed E-state index contributed by atoms with van der Waals surface area (Å²) in [6, 6.07) is 10.7. The summed E-state index contributed by atoms with van der Waals surface area (Å²) in [4.78, 5) is 29.1. The molecular weight excluding hydrogens is 402 g/mol. The number of ether oxygens (including phenoxy) is 2. The van der Waals surface area contributed by atoms with Crippen LogP contribution in [-0.2, 0) is 11.2 Å². The molecule has 0 spiro atoms. The van der Waals surface area contributed by atoms with Gasteiger partial charge in [0.2, 0.25) is 5.91 Å². The average molecular weight is 426 g/mol. The molecular formula is C22H23N3O4S. The number of thiazole rings is 1. The van der Waals surface area contributed by atoms with Gasteiger partial charge in [0.25, 0.3) is 5.91 Å². The van der Waals surface area contributed by atoms with Crippen LogP contribution < -0.4 is 20.1 Å². The molecule has 0 aliphatic carbocycles. The van der Waals surface area contributed by atoms with Crippen molar-refractivity contribution in [2.45, 2.75) is 20.3 Å². The summed E-state index contributed by atoms with van der Waals surface area (Å²) in [7, 11) is 3.04. The second kappa shape index (κ2) is 9.41. The summed E-state index contributed by atoms with van der Waals surface area (Å²) in [6.45, 7) is 4.02. The van der Waals surface area contributed by atoms with Crippen molar-refractivity contribution >= 4 is 34.0 Å². The molecule has 2 N–H and O–H groups in total. The van der Waals surface area contributed by atoms with Gasteiger partial charge >= 0.3 is 0 Å². The predicted molar refractivity (Wildman–Crippen MR) is 118 cm³/mol. The third kappa shape index (κ3) is 5.15. The van der Waals surface area contributed by atoms with E-state index in [1.165, 1.54) is 31.1 Å². The molecule has 0 bridgehead atoms. The molecule has 3 rings (SSSR count). The van der Waals surface area contributed by atoms with Crippen LogP contribution in [0.4, 0.5) is 10.8 Å². The van der Waals surface area contributed by atoms with Gasteiger partial charge in [-0.15, -0.1) is 11.3 Å². The Kier molecular flexibility index (Phi) is 6.68. The molecule has 1 heterocycles. The van der Waals surface area contributed by atoms with E-state index in [4.69, 9.17) is 9.47 Å². The molecule has 0 atom stereocenters. The van der Waals surface area contributed by atoms with Crippen LogP contribution in [0.15, 0.2) is 41.8 Å². The van der Waals surface area contributed by atoms with Crippen molar-refractivity contribution in [3.63, 3.8) is 0 Å². The Morgan fingerprint density at radius 1 is 0.967 bits per heavy atom. The zero-order valence-corrected chi connectivity index (χ0v) is 18.1. The Balaban J connectivity index is 1.61. The molecule has 0 radical (unpaired) electrons. The lowest BCUT2D eigenvalue weighted by atomic mass is 10.1. The predicted octanol–water partition coefficient (Wildman–Crippen LogP) is 4.21. The first-order valence-electron chi connectivity index (χ1n) is 9.24. The molecule has 1 aromatic heterocycles. The first kappa shape index (κ1) is 21.3. The SMILES string of the molecule is COc1ccc(C(=O)Nc2nc(CC(=O)Nc3ccc(C)c(C)c3)cs2)cc1OC. The number of hydrogen-bond acceptors (Lipinski definition) is 6. The fourth-order valence-electron chi connectivity index (χ4n) is 2.78. The normalized spacial score (nSPS) is 10.4. The maximum Gasteiger partial charge on any atom is 0.257 e. The van der Waals surface area contributed by atoms with Gasteiger partial charge in [0, 0.05) is 16.6 Å². The highest BCUT2D eigenvalue weighted by molar-refractivity contribution is 7.14. The standard InChI is InChI=1S/C22H23N3O4S/c1-13-5-7-16(9-14(13)2)23-20(26)11-17-12-30-22(24-17)25-21(27)15-6-8-18(28-3)19(10-15)29-4/h5-10,12H,11H2,1-4H3,(H,23,26)(H,24,25,27). The van der Waals surface area contributed by atoms with E-state index in [1.54, 1.807) is 23.6 Å². The number of benzene rings is 2. The second-order valence-corrected chi connectivity index (χ2v) is 7.55. The van der Waals surface area contributed by atoms with Gasteiger partial charge in [-0.2, -0.15) is 0 Å². The van der Waals surface area contributed by atoms with Crippen molar-refractivity contribution in [1.82, 2.24) is 4.98 Å². The highest BCUT2D eigenvalue weighted by Crippen LogP contribution is 2.28. The lowest BCUT2D eigenvalue weighted by Gasteiger charge is -2.09. The van der Waals surface area contributed by atoms with E-state index in [0.29, 0.717) is 27.9 Å². The number of nitrogens with one attached hydrogen (secondary N) is 2. The summed E-state index contributed by atoms with van der Waals surface area (Å²) in [5.41, 5.74) is 4.03. The van der Waals surface area contributed by atoms with Crippen LogP contribution in [0.1, 0.15) is 27.2 Å². The van der Waals surface area contributed by atoms with Crippen LogP contribution >= 0.6 is 11.3 Å². The molecule has 0 aliphatic rings. The van der Waals surface area contributed by atoms with Crippen LogP contribution in [0.3, 0.4) is 0 Å². The number of methoxy groups -OCH3 is 2. The van der Waals surface area contributed by atoms with Crippen molar-refractivity contribution in [2.24, 2.45) is 0 Å². The fourth-order valence-corrected chi connectivity index (χ4v) is 3.49. The van der Waals surface area contributed by atoms with Crippen molar-refractivity contribution < 1.29 is 19.1 Å². The van der Waals surface area contributed by atoms with Gasteiger partial charge in [0.1, 0.15) is 0 Å². The van der Waals surface area contributed by atoms with E-state index >= 15 is 0 Å². The van der Waals surface area contributed by atoms with Gasteiger partial charge in [-0.3, -0.25) is 14.9 Å². The summed E-state index contributed by atoms with van der Waals surface area (Å²) in [6.07, 6.45) is 0.121.